The Labute approximate surface area is 143 Å². The summed E-state index contributed by atoms with van der Waals surface area (Å²) in [5.74, 6) is -1.03. The number of ether oxygens (including phenoxy) is 2. The number of thiophene rings is 1. The number of esters is 1. The van der Waals surface area contributed by atoms with E-state index >= 15 is 0 Å². The molecule has 0 aliphatic rings. The molecule has 2 aromatic rings. The van der Waals surface area contributed by atoms with Crippen molar-refractivity contribution in [1.82, 2.24) is 4.72 Å². The molecule has 1 aromatic heterocycles. The van der Waals surface area contributed by atoms with Gasteiger partial charge in [0.05, 0.1) is 13.5 Å². The van der Waals surface area contributed by atoms with Crippen LogP contribution in [0.15, 0.2) is 39.9 Å². The monoisotopic (exact) mass is 373 g/mol. The van der Waals surface area contributed by atoms with Gasteiger partial charge < -0.3 is 9.47 Å². The lowest BCUT2D eigenvalue weighted by Gasteiger charge is -2.07. The molecule has 0 amide bonds. The van der Waals surface area contributed by atoms with Gasteiger partial charge in [-0.05, 0) is 29.1 Å². The van der Waals surface area contributed by atoms with Gasteiger partial charge >= 0.3 is 5.97 Å². The van der Waals surface area contributed by atoms with E-state index in [1.165, 1.54) is 25.3 Å². The van der Waals surface area contributed by atoms with E-state index in [1.807, 2.05) is 0 Å². The van der Waals surface area contributed by atoms with E-state index in [0.29, 0.717) is 5.56 Å². The zero-order chi connectivity index (χ0) is 17.6. The Bertz CT molecular complexity index is 790. The van der Waals surface area contributed by atoms with Crippen molar-refractivity contribution in [3.05, 3.63) is 47.1 Å². The molecule has 1 aromatic carbocycles. The van der Waals surface area contributed by atoms with Crippen LogP contribution in [0.5, 0.6) is 5.75 Å². The highest BCUT2D eigenvalue weighted by Gasteiger charge is 2.15. The van der Waals surface area contributed by atoms with Gasteiger partial charge in [0.2, 0.25) is 10.0 Å². The molecule has 0 unspecified atom stereocenters. The Morgan fingerprint density at radius 1 is 1.33 bits per heavy atom. The van der Waals surface area contributed by atoms with Gasteiger partial charge in [-0.1, -0.05) is 12.1 Å². The van der Waals surface area contributed by atoms with Crippen molar-refractivity contribution in [3.8, 4) is 5.75 Å². The molecule has 2 rings (SSSR count). The number of carbonyl (C=O) groups excluding carboxylic acids is 1. The van der Waals surface area contributed by atoms with Crippen LogP contribution in [-0.4, -0.2) is 28.0 Å². The summed E-state index contributed by atoms with van der Waals surface area (Å²) in [6, 6.07) is 7.33. The summed E-state index contributed by atoms with van der Waals surface area (Å²) in [6.45, 7) is -0.173. The van der Waals surface area contributed by atoms with E-state index in [1.54, 1.807) is 17.5 Å². The molecule has 0 aliphatic carbocycles. The Balaban J connectivity index is 1.77. The number of benzene rings is 1. The van der Waals surface area contributed by atoms with E-state index in [0.717, 1.165) is 11.3 Å². The Hall–Kier alpha value is -1.97. The zero-order valence-electron chi connectivity index (χ0n) is 12.8. The lowest BCUT2D eigenvalue weighted by atomic mass is 10.2. The first kappa shape index (κ1) is 18.4. The van der Waals surface area contributed by atoms with Crippen molar-refractivity contribution in [3.63, 3.8) is 0 Å². The van der Waals surface area contributed by atoms with Gasteiger partial charge in [-0.3, -0.25) is 4.79 Å². The lowest BCUT2D eigenvalue weighted by molar-refractivity contribution is -0.144. The highest BCUT2D eigenvalue weighted by atomic mass is 32.2. The van der Waals surface area contributed by atoms with Crippen molar-refractivity contribution < 1.29 is 27.1 Å². The molecule has 9 heteroatoms. The molecule has 0 bridgehead atoms. The minimum absolute atomic E-state index is 0.0734. The summed E-state index contributed by atoms with van der Waals surface area (Å²) in [4.78, 5) is 11.6. The first-order chi connectivity index (χ1) is 11.4. The van der Waals surface area contributed by atoms with Crippen LogP contribution in [0.2, 0.25) is 0 Å². The van der Waals surface area contributed by atoms with Gasteiger partial charge in [0.15, 0.2) is 11.6 Å². The predicted molar refractivity (Wildman–Crippen MR) is 86.9 cm³/mol. The number of halogens is 1. The molecular weight excluding hydrogens is 357 g/mol. The van der Waals surface area contributed by atoms with Crippen LogP contribution in [0.1, 0.15) is 12.0 Å². The smallest absolute Gasteiger partial charge is 0.307 e. The number of carbonyl (C=O) groups is 1. The lowest BCUT2D eigenvalue weighted by Crippen LogP contribution is -2.26. The van der Waals surface area contributed by atoms with E-state index in [-0.39, 0.29) is 29.5 Å². The fourth-order valence-corrected chi connectivity index (χ4v) is 3.88. The highest BCUT2D eigenvalue weighted by molar-refractivity contribution is 7.91. The van der Waals surface area contributed by atoms with Gasteiger partial charge in [-0.15, -0.1) is 11.3 Å². The predicted octanol–water partition coefficient (Wildman–Crippen LogP) is 2.31. The fourth-order valence-electron chi connectivity index (χ4n) is 1.81. The average Bonchev–Trinajstić information content (AvgIpc) is 3.08. The van der Waals surface area contributed by atoms with Crippen LogP contribution in [0.25, 0.3) is 0 Å². The van der Waals surface area contributed by atoms with Gasteiger partial charge in [0.25, 0.3) is 0 Å². The molecule has 0 radical (unpaired) electrons. The Kier molecular flexibility index (Phi) is 6.29. The molecule has 130 valence electrons. The quantitative estimate of drug-likeness (QED) is 0.718. The third kappa shape index (κ3) is 5.02. The number of rotatable bonds is 8. The zero-order valence-corrected chi connectivity index (χ0v) is 14.5. The third-order valence-corrected chi connectivity index (χ3v) is 5.86. The third-order valence-electron chi connectivity index (χ3n) is 3.00. The summed E-state index contributed by atoms with van der Waals surface area (Å²) in [5.41, 5.74) is 0.473. The number of sulfonamides is 1. The average molecular weight is 373 g/mol. The number of hydrogen-bond acceptors (Lipinski definition) is 6. The SMILES string of the molecule is COc1ccc(COC(=O)CCNS(=O)(=O)c2cccs2)cc1F. The molecule has 1 N–H and O–H groups in total. The van der Waals surface area contributed by atoms with Gasteiger partial charge in [0.1, 0.15) is 10.8 Å². The Morgan fingerprint density at radius 3 is 2.75 bits per heavy atom. The van der Waals surface area contributed by atoms with Gasteiger partial charge in [-0.25, -0.2) is 17.5 Å². The summed E-state index contributed by atoms with van der Waals surface area (Å²) in [5, 5.41) is 1.65. The maximum atomic E-state index is 13.5. The van der Waals surface area contributed by atoms with Crippen molar-refractivity contribution in [2.75, 3.05) is 13.7 Å². The maximum Gasteiger partial charge on any atom is 0.307 e. The van der Waals surface area contributed by atoms with Crippen LogP contribution >= 0.6 is 11.3 Å². The summed E-state index contributed by atoms with van der Waals surface area (Å²) >= 11 is 1.09. The number of nitrogens with one attached hydrogen (secondary N) is 1. The molecule has 0 fully saturated rings. The number of hydrogen-bond donors (Lipinski definition) is 1. The topological polar surface area (TPSA) is 81.7 Å². The van der Waals surface area contributed by atoms with E-state index in [9.17, 15) is 17.6 Å². The first-order valence-corrected chi connectivity index (χ1v) is 9.30. The normalized spacial score (nSPS) is 11.2. The number of methoxy groups -OCH3 is 1. The first-order valence-electron chi connectivity index (χ1n) is 6.93. The second kappa shape index (κ2) is 8.22. The van der Waals surface area contributed by atoms with E-state index < -0.39 is 21.8 Å². The molecule has 6 nitrogen and oxygen atoms in total. The fraction of sp³-hybridized carbons (Fsp3) is 0.267. The molecule has 0 spiro atoms. The molecule has 1 heterocycles. The summed E-state index contributed by atoms with van der Waals surface area (Å²) < 4.78 is 49.5. The van der Waals surface area contributed by atoms with Crippen LogP contribution in [-0.2, 0) is 26.2 Å². The minimum atomic E-state index is -3.60. The summed E-state index contributed by atoms with van der Waals surface area (Å²) in [7, 11) is -2.24. The van der Waals surface area contributed by atoms with E-state index in [4.69, 9.17) is 9.47 Å². The molecule has 0 atom stereocenters. The highest BCUT2D eigenvalue weighted by Crippen LogP contribution is 2.18. The van der Waals surface area contributed by atoms with Crippen LogP contribution in [0.3, 0.4) is 0 Å². The van der Waals surface area contributed by atoms with Crippen molar-refractivity contribution in [2.45, 2.75) is 17.2 Å². The molecule has 24 heavy (non-hydrogen) atoms. The van der Waals surface area contributed by atoms with E-state index in [2.05, 4.69) is 4.72 Å². The van der Waals surface area contributed by atoms with Gasteiger partial charge in [-0.2, -0.15) is 0 Å². The van der Waals surface area contributed by atoms with Crippen molar-refractivity contribution >= 4 is 27.3 Å². The largest absolute Gasteiger partial charge is 0.494 e. The van der Waals surface area contributed by atoms with Crippen LogP contribution in [0, 0.1) is 5.82 Å². The molecule has 0 aliphatic heterocycles. The minimum Gasteiger partial charge on any atom is -0.494 e. The van der Waals surface area contributed by atoms with Crippen LogP contribution in [0.4, 0.5) is 4.39 Å². The van der Waals surface area contributed by atoms with Crippen molar-refractivity contribution in [2.24, 2.45) is 0 Å². The maximum absolute atomic E-state index is 13.5. The van der Waals surface area contributed by atoms with Crippen molar-refractivity contribution in [1.29, 1.82) is 0 Å². The summed E-state index contributed by atoms with van der Waals surface area (Å²) in [6.07, 6.45) is -0.122. The molecule has 0 saturated heterocycles. The molecule has 0 saturated carbocycles. The second-order valence-corrected chi connectivity index (χ2v) is 7.65. The Morgan fingerprint density at radius 2 is 2.12 bits per heavy atom. The second-order valence-electron chi connectivity index (χ2n) is 4.71. The van der Waals surface area contributed by atoms with Crippen LogP contribution < -0.4 is 9.46 Å². The molecular formula is C15H16FNO5S2. The van der Waals surface area contributed by atoms with Gasteiger partial charge in [0, 0.05) is 6.54 Å². The standard InChI is InChI=1S/C15H16FNO5S2/c1-21-13-5-4-11(9-12(13)16)10-22-14(18)6-7-17-24(19,20)15-3-2-8-23-15/h2-5,8-9,17H,6-7,10H2,1H3.